The van der Waals surface area contributed by atoms with E-state index in [2.05, 4.69) is 20.3 Å². The maximum absolute atomic E-state index is 6.18. The van der Waals surface area contributed by atoms with E-state index in [1.165, 1.54) is 0 Å². The van der Waals surface area contributed by atoms with E-state index in [1.54, 1.807) is 13.4 Å². The van der Waals surface area contributed by atoms with Crippen LogP contribution >= 0.6 is 11.6 Å². The second kappa shape index (κ2) is 4.97. The van der Waals surface area contributed by atoms with E-state index in [1.807, 2.05) is 28.8 Å². The van der Waals surface area contributed by atoms with Crippen LogP contribution in [0.4, 0.5) is 11.8 Å². The number of nitrogen functional groups attached to an aromatic ring is 1. The van der Waals surface area contributed by atoms with Crippen LogP contribution in [0, 0.1) is 0 Å². The molecule has 0 radical (unpaired) electrons. The van der Waals surface area contributed by atoms with Gasteiger partial charge in [0, 0.05) is 12.1 Å². The molecular weight excluding hydrogens is 276 g/mol. The fourth-order valence-corrected chi connectivity index (χ4v) is 2.20. The molecule has 0 bridgehead atoms. The largest absolute Gasteiger partial charge is 0.382 e. The van der Waals surface area contributed by atoms with E-state index in [0.717, 1.165) is 5.56 Å². The molecule has 0 spiro atoms. The smallest absolute Gasteiger partial charge is 0.226 e. The molecule has 3 N–H and O–H groups in total. The molecule has 0 aliphatic carbocycles. The Morgan fingerprint density at radius 1 is 1.30 bits per heavy atom. The molecule has 0 unspecified atom stereocenters. The first-order valence-electron chi connectivity index (χ1n) is 6.08. The van der Waals surface area contributed by atoms with E-state index in [0.29, 0.717) is 34.5 Å². The van der Waals surface area contributed by atoms with Crippen molar-refractivity contribution in [3.63, 3.8) is 0 Å². The van der Waals surface area contributed by atoms with Crippen molar-refractivity contribution in [2.24, 2.45) is 0 Å². The Morgan fingerprint density at radius 3 is 2.85 bits per heavy atom. The third kappa shape index (κ3) is 2.14. The molecule has 0 aliphatic rings. The lowest BCUT2D eigenvalue weighted by Crippen LogP contribution is -2.04. The number of anilines is 2. The molecule has 2 aromatic heterocycles. The Morgan fingerprint density at radius 2 is 2.10 bits per heavy atom. The van der Waals surface area contributed by atoms with Gasteiger partial charge in [-0.1, -0.05) is 29.8 Å². The lowest BCUT2D eigenvalue weighted by atomic mass is 10.2. The Kier molecular flexibility index (Phi) is 3.15. The standard InChI is InChI=1S/C13H13ClN6/c1-16-13-18-11(15)10-12(19-13)20(7-17-10)6-8-4-2-3-5-9(8)14/h2-5,7H,6H2,1H3,(H3,15,16,18,19). The molecule has 102 valence electrons. The number of nitrogens with two attached hydrogens (primary N) is 1. The highest BCUT2D eigenvalue weighted by atomic mass is 35.5. The van der Waals surface area contributed by atoms with Crippen LogP contribution in [0.3, 0.4) is 0 Å². The van der Waals surface area contributed by atoms with Gasteiger partial charge in [0.2, 0.25) is 5.95 Å². The van der Waals surface area contributed by atoms with Crippen molar-refractivity contribution in [1.82, 2.24) is 19.5 Å². The quantitative estimate of drug-likeness (QED) is 0.772. The zero-order valence-corrected chi connectivity index (χ0v) is 11.6. The molecule has 3 aromatic rings. The maximum atomic E-state index is 6.18. The van der Waals surface area contributed by atoms with E-state index < -0.39 is 0 Å². The minimum Gasteiger partial charge on any atom is -0.382 e. The zero-order chi connectivity index (χ0) is 14.1. The van der Waals surface area contributed by atoms with Crippen molar-refractivity contribution in [2.75, 3.05) is 18.1 Å². The van der Waals surface area contributed by atoms with Crippen LogP contribution in [0.2, 0.25) is 5.02 Å². The van der Waals surface area contributed by atoms with Crippen LogP contribution in [-0.4, -0.2) is 26.6 Å². The molecule has 0 atom stereocenters. The number of nitrogens with zero attached hydrogens (tertiary/aromatic N) is 4. The summed E-state index contributed by atoms with van der Waals surface area (Å²) in [6.45, 7) is 0.579. The third-order valence-corrected chi connectivity index (χ3v) is 3.38. The molecule has 1 aromatic carbocycles. The summed E-state index contributed by atoms with van der Waals surface area (Å²) in [4.78, 5) is 12.8. The Balaban J connectivity index is 2.08. The number of halogens is 1. The van der Waals surface area contributed by atoms with Gasteiger partial charge in [-0.15, -0.1) is 0 Å². The van der Waals surface area contributed by atoms with Crippen molar-refractivity contribution in [3.8, 4) is 0 Å². The Bertz CT molecular complexity index is 767. The Labute approximate surface area is 120 Å². The third-order valence-electron chi connectivity index (χ3n) is 3.01. The average molecular weight is 289 g/mol. The molecule has 20 heavy (non-hydrogen) atoms. The first kappa shape index (κ1) is 12.7. The second-order valence-electron chi connectivity index (χ2n) is 4.32. The van der Waals surface area contributed by atoms with Crippen LogP contribution in [0.1, 0.15) is 5.56 Å². The highest BCUT2D eigenvalue weighted by Crippen LogP contribution is 2.21. The second-order valence-corrected chi connectivity index (χ2v) is 4.73. The number of benzene rings is 1. The Hall–Kier alpha value is -2.34. The predicted molar refractivity (Wildman–Crippen MR) is 79.8 cm³/mol. The van der Waals surface area contributed by atoms with Gasteiger partial charge in [-0.3, -0.25) is 0 Å². The van der Waals surface area contributed by atoms with E-state index >= 15 is 0 Å². The molecule has 3 rings (SSSR count). The van der Waals surface area contributed by atoms with Crippen LogP contribution < -0.4 is 11.1 Å². The summed E-state index contributed by atoms with van der Waals surface area (Å²) < 4.78 is 1.90. The van der Waals surface area contributed by atoms with Crippen molar-refractivity contribution < 1.29 is 0 Å². The van der Waals surface area contributed by atoms with Crippen LogP contribution in [0.5, 0.6) is 0 Å². The van der Waals surface area contributed by atoms with Gasteiger partial charge >= 0.3 is 0 Å². The number of fused-ring (bicyclic) bond motifs is 1. The summed E-state index contributed by atoms with van der Waals surface area (Å²) in [5.74, 6) is 0.827. The molecular formula is C13H13ClN6. The highest BCUT2D eigenvalue weighted by Gasteiger charge is 2.11. The molecule has 0 saturated heterocycles. The summed E-state index contributed by atoms with van der Waals surface area (Å²) in [5.41, 5.74) is 8.15. The van der Waals surface area contributed by atoms with Gasteiger partial charge in [0.25, 0.3) is 0 Å². The SMILES string of the molecule is CNc1nc(N)c2ncn(Cc3ccccc3Cl)c2n1. The summed E-state index contributed by atoms with van der Waals surface area (Å²) in [6.07, 6.45) is 1.69. The molecule has 6 nitrogen and oxygen atoms in total. The van der Waals surface area contributed by atoms with Crippen LogP contribution in [0.25, 0.3) is 11.2 Å². The summed E-state index contributed by atoms with van der Waals surface area (Å²) in [5, 5.41) is 3.60. The summed E-state index contributed by atoms with van der Waals surface area (Å²) in [6, 6.07) is 7.68. The van der Waals surface area contributed by atoms with Gasteiger partial charge in [0.05, 0.1) is 12.9 Å². The van der Waals surface area contributed by atoms with Gasteiger partial charge in [0.1, 0.15) is 5.52 Å². The van der Waals surface area contributed by atoms with Crippen molar-refractivity contribution >= 4 is 34.5 Å². The number of nitrogens with one attached hydrogen (secondary N) is 1. The van der Waals surface area contributed by atoms with E-state index in [4.69, 9.17) is 17.3 Å². The number of hydrogen-bond donors (Lipinski definition) is 2. The van der Waals surface area contributed by atoms with Gasteiger partial charge < -0.3 is 15.6 Å². The lowest BCUT2D eigenvalue weighted by Gasteiger charge is -2.07. The van der Waals surface area contributed by atoms with Crippen LogP contribution in [0.15, 0.2) is 30.6 Å². The fraction of sp³-hybridized carbons (Fsp3) is 0.154. The maximum Gasteiger partial charge on any atom is 0.226 e. The first-order chi connectivity index (χ1) is 9.69. The van der Waals surface area contributed by atoms with Crippen molar-refractivity contribution in [1.29, 1.82) is 0 Å². The van der Waals surface area contributed by atoms with Gasteiger partial charge in [-0.2, -0.15) is 9.97 Å². The molecule has 0 amide bonds. The first-order valence-corrected chi connectivity index (χ1v) is 6.46. The van der Waals surface area contributed by atoms with Gasteiger partial charge in [-0.05, 0) is 11.6 Å². The number of aromatic nitrogens is 4. The van der Waals surface area contributed by atoms with Crippen molar-refractivity contribution in [2.45, 2.75) is 6.54 Å². The van der Waals surface area contributed by atoms with Crippen molar-refractivity contribution in [3.05, 3.63) is 41.2 Å². The summed E-state index contributed by atoms with van der Waals surface area (Å²) >= 11 is 6.18. The highest BCUT2D eigenvalue weighted by molar-refractivity contribution is 6.31. The predicted octanol–water partition coefficient (Wildman–Crippen LogP) is 2.15. The average Bonchev–Trinajstić information content (AvgIpc) is 2.85. The number of imidazole rings is 1. The van der Waals surface area contributed by atoms with E-state index in [-0.39, 0.29) is 0 Å². The summed E-state index contributed by atoms with van der Waals surface area (Å²) in [7, 11) is 1.75. The zero-order valence-electron chi connectivity index (χ0n) is 10.8. The van der Waals surface area contributed by atoms with Gasteiger partial charge in [-0.25, -0.2) is 4.98 Å². The topological polar surface area (TPSA) is 81.6 Å². The molecule has 2 heterocycles. The fourth-order valence-electron chi connectivity index (χ4n) is 2.00. The van der Waals surface area contributed by atoms with Gasteiger partial charge in [0.15, 0.2) is 11.5 Å². The van der Waals surface area contributed by atoms with Crippen LogP contribution in [-0.2, 0) is 6.54 Å². The monoisotopic (exact) mass is 288 g/mol. The molecule has 0 aliphatic heterocycles. The lowest BCUT2D eigenvalue weighted by molar-refractivity contribution is 0.814. The number of hydrogen-bond acceptors (Lipinski definition) is 5. The molecule has 7 heteroatoms. The normalized spacial score (nSPS) is 10.9. The number of rotatable bonds is 3. The van der Waals surface area contributed by atoms with E-state index in [9.17, 15) is 0 Å². The minimum absolute atomic E-state index is 0.359. The molecule has 0 saturated carbocycles. The molecule has 0 fully saturated rings. The minimum atomic E-state index is 0.359.